The maximum Gasteiger partial charge on any atom is 0.258 e. The normalized spacial score (nSPS) is 28.8. The highest BCUT2D eigenvalue weighted by molar-refractivity contribution is 6.05. The number of carbonyl (C=O) groups is 1. The van der Waals surface area contributed by atoms with Gasteiger partial charge in [0.15, 0.2) is 11.9 Å². The van der Waals surface area contributed by atoms with Crippen LogP contribution in [0.4, 0.5) is 5.69 Å². The number of hydrogen-bond acceptors (Lipinski definition) is 6. The lowest BCUT2D eigenvalue weighted by Crippen LogP contribution is -2.71. The van der Waals surface area contributed by atoms with E-state index >= 15 is 0 Å². The molecule has 3 rings (SSSR count). The van der Waals surface area contributed by atoms with E-state index in [2.05, 4.69) is 0 Å². The van der Waals surface area contributed by atoms with E-state index in [4.69, 9.17) is 23.7 Å². The van der Waals surface area contributed by atoms with E-state index in [1.807, 2.05) is 38.1 Å². The third-order valence-electron chi connectivity index (χ3n) is 4.22. The number of anilines is 1. The van der Waals surface area contributed by atoms with Crippen molar-refractivity contribution < 1.29 is 28.5 Å². The topological polar surface area (TPSA) is 66.5 Å². The van der Waals surface area contributed by atoms with Crippen LogP contribution in [0.15, 0.2) is 24.3 Å². The van der Waals surface area contributed by atoms with Gasteiger partial charge >= 0.3 is 0 Å². The molecule has 0 radical (unpaired) electrons. The lowest BCUT2D eigenvalue weighted by molar-refractivity contribution is -0.172. The van der Waals surface area contributed by atoms with E-state index in [0.717, 1.165) is 11.4 Å². The van der Waals surface area contributed by atoms with Gasteiger partial charge in [-0.3, -0.25) is 4.79 Å². The quantitative estimate of drug-likeness (QED) is 0.580. The first-order valence-electron chi connectivity index (χ1n) is 7.86. The van der Waals surface area contributed by atoms with Crippen molar-refractivity contribution >= 4 is 11.6 Å². The molecule has 1 unspecified atom stereocenters. The molecule has 3 atom stereocenters. The fraction of sp³-hybridized carbons (Fsp3) is 0.588. The van der Waals surface area contributed by atoms with Gasteiger partial charge in [0.25, 0.3) is 5.91 Å². The average molecular weight is 337 g/mol. The van der Waals surface area contributed by atoms with Crippen molar-refractivity contribution in [1.82, 2.24) is 0 Å². The summed E-state index contributed by atoms with van der Waals surface area (Å²) in [6.45, 7) is 4.18. The molecule has 1 aromatic carbocycles. The SMILES string of the molecule is COCO[C@H]1C(=O)N(c2ccc(OC)cc2)C1[C@H]1COC(C)(C)O1. The first-order valence-corrected chi connectivity index (χ1v) is 7.86. The second-order valence-electron chi connectivity index (χ2n) is 6.26. The molecular formula is C17H23NO6. The number of hydrogen-bond donors (Lipinski definition) is 0. The summed E-state index contributed by atoms with van der Waals surface area (Å²) in [7, 11) is 3.13. The largest absolute Gasteiger partial charge is 0.497 e. The highest BCUT2D eigenvalue weighted by Gasteiger charge is 2.56. The van der Waals surface area contributed by atoms with Crippen LogP contribution >= 0.6 is 0 Å². The van der Waals surface area contributed by atoms with Crippen LogP contribution in [0.3, 0.4) is 0 Å². The predicted molar refractivity (Wildman–Crippen MR) is 85.9 cm³/mol. The van der Waals surface area contributed by atoms with E-state index in [9.17, 15) is 4.79 Å². The fourth-order valence-electron chi connectivity index (χ4n) is 3.08. The molecule has 2 aliphatic heterocycles. The Morgan fingerprint density at radius 3 is 2.50 bits per heavy atom. The first-order chi connectivity index (χ1) is 11.5. The predicted octanol–water partition coefficient (Wildman–Crippen LogP) is 1.55. The number of ether oxygens (including phenoxy) is 5. The number of rotatable bonds is 6. The van der Waals surface area contributed by atoms with Gasteiger partial charge in [-0.25, -0.2) is 0 Å². The van der Waals surface area contributed by atoms with Crippen LogP contribution in [-0.2, 0) is 23.7 Å². The Morgan fingerprint density at radius 2 is 1.96 bits per heavy atom. The summed E-state index contributed by atoms with van der Waals surface area (Å²) in [5.74, 6) is -0.0479. The van der Waals surface area contributed by atoms with Gasteiger partial charge in [-0.2, -0.15) is 0 Å². The zero-order chi connectivity index (χ0) is 17.3. The van der Waals surface area contributed by atoms with Crippen LogP contribution in [-0.4, -0.2) is 57.6 Å². The number of carbonyl (C=O) groups excluding carboxylic acids is 1. The summed E-state index contributed by atoms with van der Waals surface area (Å²) >= 11 is 0. The van der Waals surface area contributed by atoms with Crippen molar-refractivity contribution in [2.75, 3.05) is 32.5 Å². The minimum absolute atomic E-state index is 0.0559. The van der Waals surface area contributed by atoms with Crippen LogP contribution in [0.5, 0.6) is 5.75 Å². The molecule has 24 heavy (non-hydrogen) atoms. The summed E-state index contributed by atoms with van der Waals surface area (Å²) in [4.78, 5) is 14.3. The molecule has 2 saturated heterocycles. The highest BCUT2D eigenvalue weighted by Crippen LogP contribution is 2.37. The average Bonchev–Trinajstić information content (AvgIpc) is 2.92. The van der Waals surface area contributed by atoms with Crippen molar-refractivity contribution in [2.24, 2.45) is 0 Å². The Labute approximate surface area is 141 Å². The van der Waals surface area contributed by atoms with E-state index < -0.39 is 11.9 Å². The molecule has 7 heteroatoms. The fourth-order valence-corrected chi connectivity index (χ4v) is 3.08. The molecule has 132 valence electrons. The van der Waals surface area contributed by atoms with Crippen molar-refractivity contribution in [1.29, 1.82) is 0 Å². The molecular weight excluding hydrogens is 314 g/mol. The minimum atomic E-state index is -0.666. The summed E-state index contributed by atoms with van der Waals surface area (Å²) in [6.07, 6.45) is -0.865. The van der Waals surface area contributed by atoms with E-state index in [1.165, 1.54) is 7.11 Å². The monoisotopic (exact) mass is 337 g/mol. The number of methoxy groups -OCH3 is 2. The first kappa shape index (κ1) is 17.2. The summed E-state index contributed by atoms with van der Waals surface area (Å²) in [6, 6.07) is 7.06. The summed E-state index contributed by atoms with van der Waals surface area (Å²) < 4.78 is 27.3. The third kappa shape index (κ3) is 3.12. The number of amides is 1. The van der Waals surface area contributed by atoms with E-state index in [-0.39, 0.29) is 24.8 Å². The lowest BCUT2D eigenvalue weighted by Gasteiger charge is -2.48. The standard InChI is InChI=1S/C17H23NO6/c1-17(2)23-9-13(24-17)14-15(22-10-20-3)16(19)18(14)11-5-7-12(21-4)8-6-11/h5-8,13-15H,9-10H2,1-4H3/t13-,14?,15-/m1/s1. The van der Waals surface area contributed by atoms with E-state index in [0.29, 0.717) is 6.61 Å². The van der Waals surface area contributed by atoms with Crippen LogP contribution < -0.4 is 9.64 Å². The number of nitrogens with zero attached hydrogens (tertiary/aromatic N) is 1. The third-order valence-corrected chi connectivity index (χ3v) is 4.22. The molecule has 1 amide bonds. The van der Waals surface area contributed by atoms with Crippen molar-refractivity contribution in [2.45, 2.75) is 37.9 Å². The molecule has 7 nitrogen and oxygen atoms in total. The second-order valence-corrected chi connectivity index (χ2v) is 6.26. The molecule has 0 aromatic heterocycles. The van der Waals surface area contributed by atoms with Gasteiger partial charge in [0.05, 0.1) is 13.7 Å². The Kier molecular flexibility index (Phi) is 4.78. The van der Waals surface area contributed by atoms with Crippen molar-refractivity contribution in [3.63, 3.8) is 0 Å². The Hall–Kier alpha value is -1.67. The molecule has 2 heterocycles. The van der Waals surface area contributed by atoms with Crippen molar-refractivity contribution in [3.05, 3.63) is 24.3 Å². The minimum Gasteiger partial charge on any atom is -0.497 e. The Bertz CT molecular complexity index is 587. The highest BCUT2D eigenvalue weighted by atomic mass is 16.7. The molecule has 0 aliphatic carbocycles. The Morgan fingerprint density at radius 1 is 1.25 bits per heavy atom. The maximum atomic E-state index is 12.6. The van der Waals surface area contributed by atoms with Gasteiger partial charge in [0.2, 0.25) is 0 Å². The van der Waals surface area contributed by atoms with Gasteiger partial charge in [0, 0.05) is 12.8 Å². The van der Waals surface area contributed by atoms with Crippen LogP contribution in [0, 0.1) is 0 Å². The molecule has 2 fully saturated rings. The summed E-state index contributed by atoms with van der Waals surface area (Å²) in [5.41, 5.74) is 0.774. The van der Waals surface area contributed by atoms with E-state index in [1.54, 1.807) is 12.0 Å². The molecule has 1 aromatic rings. The smallest absolute Gasteiger partial charge is 0.258 e. The van der Waals surface area contributed by atoms with Gasteiger partial charge in [-0.15, -0.1) is 0 Å². The Balaban J connectivity index is 1.82. The lowest BCUT2D eigenvalue weighted by atomic mass is 9.91. The van der Waals surface area contributed by atoms with Gasteiger partial charge in [-0.05, 0) is 38.1 Å². The summed E-state index contributed by atoms with van der Waals surface area (Å²) in [5, 5.41) is 0. The molecule has 0 saturated carbocycles. The molecule has 0 spiro atoms. The van der Waals surface area contributed by atoms with Crippen molar-refractivity contribution in [3.8, 4) is 5.75 Å². The molecule has 0 N–H and O–H groups in total. The van der Waals surface area contributed by atoms with Gasteiger partial charge in [0.1, 0.15) is 24.7 Å². The zero-order valence-corrected chi connectivity index (χ0v) is 14.4. The van der Waals surface area contributed by atoms with Gasteiger partial charge < -0.3 is 28.6 Å². The van der Waals surface area contributed by atoms with Crippen LogP contribution in [0.2, 0.25) is 0 Å². The van der Waals surface area contributed by atoms with Crippen LogP contribution in [0.25, 0.3) is 0 Å². The van der Waals surface area contributed by atoms with Gasteiger partial charge in [-0.1, -0.05) is 0 Å². The second kappa shape index (κ2) is 6.68. The zero-order valence-electron chi connectivity index (χ0n) is 14.4. The molecule has 2 aliphatic rings. The number of benzene rings is 1. The molecule has 0 bridgehead atoms. The number of β-lactam (4-membered cyclic amide) rings is 1. The van der Waals surface area contributed by atoms with Crippen LogP contribution in [0.1, 0.15) is 13.8 Å². The maximum absolute atomic E-state index is 12.6.